The maximum absolute atomic E-state index is 12.4. The van der Waals surface area contributed by atoms with Crippen molar-refractivity contribution in [3.63, 3.8) is 0 Å². The van der Waals surface area contributed by atoms with Crippen LogP contribution < -0.4 is 0 Å². The molecule has 1 amide bonds. The second kappa shape index (κ2) is 6.17. The van der Waals surface area contributed by atoms with E-state index in [4.69, 9.17) is 4.74 Å². The summed E-state index contributed by atoms with van der Waals surface area (Å²) in [7, 11) is 0. The molecule has 0 bridgehead atoms. The Hall–Kier alpha value is -1.03. The van der Waals surface area contributed by atoms with Gasteiger partial charge in [-0.05, 0) is 57.7 Å². The Kier molecular flexibility index (Phi) is 4.74. The van der Waals surface area contributed by atoms with E-state index in [2.05, 4.69) is 28.1 Å². The predicted molar refractivity (Wildman–Crippen MR) is 83.7 cm³/mol. The van der Waals surface area contributed by atoms with Crippen molar-refractivity contribution >= 4 is 22.0 Å². The molecule has 0 N–H and O–H groups in total. The molecule has 0 spiro atoms. The molecule has 4 heteroatoms. The van der Waals surface area contributed by atoms with Crippen molar-refractivity contribution in [2.24, 2.45) is 0 Å². The summed E-state index contributed by atoms with van der Waals surface area (Å²) in [5, 5.41) is 0. The first-order chi connectivity index (χ1) is 9.37. The Labute approximate surface area is 129 Å². The summed E-state index contributed by atoms with van der Waals surface area (Å²) in [5.41, 5.74) is 0.734. The molecular weight excluding hydrogens is 318 g/mol. The summed E-state index contributed by atoms with van der Waals surface area (Å²) in [6.07, 6.45) is 3.00. The molecule has 1 fully saturated rings. The molecule has 1 aromatic carbocycles. The maximum Gasteiger partial charge on any atom is 0.410 e. The fraction of sp³-hybridized carbons (Fsp3) is 0.562. The minimum Gasteiger partial charge on any atom is -0.444 e. The molecule has 1 aliphatic rings. The SMILES string of the molecule is CC(C)(C)OC(=O)N1CCCC[C@H]1c1ccc(Br)cc1. The first kappa shape index (κ1) is 15.4. The summed E-state index contributed by atoms with van der Waals surface area (Å²) >= 11 is 3.45. The van der Waals surface area contributed by atoms with Gasteiger partial charge < -0.3 is 9.64 Å². The smallest absolute Gasteiger partial charge is 0.410 e. The van der Waals surface area contributed by atoms with Crippen LogP contribution in [0.25, 0.3) is 0 Å². The summed E-state index contributed by atoms with van der Waals surface area (Å²) in [6, 6.07) is 8.34. The molecule has 110 valence electrons. The topological polar surface area (TPSA) is 29.5 Å². The van der Waals surface area contributed by atoms with Gasteiger partial charge in [-0.25, -0.2) is 4.79 Å². The molecule has 2 rings (SSSR count). The quantitative estimate of drug-likeness (QED) is 0.727. The average Bonchev–Trinajstić information content (AvgIpc) is 2.38. The number of rotatable bonds is 1. The van der Waals surface area contributed by atoms with Crippen LogP contribution in [0.1, 0.15) is 51.6 Å². The lowest BCUT2D eigenvalue weighted by Crippen LogP contribution is -2.41. The lowest BCUT2D eigenvalue weighted by Gasteiger charge is -2.37. The fourth-order valence-electron chi connectivity index (χ4n) is 2.50. The highest BCUT2D eigenvalue weighted by Crippen LogP contribution is 2.32. The van der Waals surface area contributed by atoms with Gasteiger partial charge in [-0.15, -0.1) is 0 Å². The monoisotopic (exact) mass is 339 g/mol. The van der Waals surface area contributed by atoms with Crippen LogP contribution in [0.2, 0.25) is 0 Å². The number of benzene rings is 1. The third kappa shape index (κ3) is 3.98. The van der Waals surface area contributed by atoms with E-state index in [-0.39, 0.29) is 12.1 Å². The average molecular weight is 340 g/mol. The molecule has 0 aliphatic carbocycles. The van der Waals surface area contributed by atoms with Crippen molar-refractivity contribution in [1.82, 2.24) is 4.90 Å². The van der Waals surface area contributed by atoms with Crippen molar-refractivity contribution in [3.05, 3.63) is 34.3 Å². The van der Waals surface area contributed by atoms with E-state index < -0.39 is 5.60 Å². The Morgan fingerprint density at radius 1 is 1.25 bits per heavy atom. The second-order valence-electron chi connectivity index (χ2n) is 6.24. The van der Waals surface area contributed by atoms with Crippen molar-refractivity contribution in [2.75, 3.05) is 6.54 Å². The van der Waals surface area contributed by atoms with Crippen LogP contribution in [0.4, 0.5) is 4.79 Å². The Balaban J connectivity index is 2.16. The predicted octanol–water partition coefficient (Wildman–Crippen LogP) is 4.91. The third-order valence-electron chi connectivity index (χ3n) is 3.39. The zero-order chi connectivity index (χ0) is 14.8. The van der Waals surface area contributed by atoms with Crippen molar-refractivity contribution in [1.29, 1.82) is 0 Å². The number of hydrogen-bond donors (Lipinski definition) is 0. The Morgan fingerprint density at radius 2 is 1.90 bits per heavy atom. The van der Waals surface area contributed by atoms with Crippen molar-refractivity contribution < 1.29 is 9.53 Å². The van der Waals surface area contributed by atoms with Crippen LogP contribution in [-0.4, -0.2) is 23.1 Å². The summed E-state index contributed by atoms with van der Waals surface area (Å²) in [4.78, 5) is 14.2. The highest BCUT2D eigenvalue weighted by molar-refractivity contribution is 9.10. The Morgan fingerprint density at radius 3 is 2.50 bits per heavy atom. The number of hydrogen-bond acceptors (Lipinski definition) is 2. The summed E-state index contributed by atoms with van der Waals surface area (Å²) in [6.45, 7) is 6.49. The van der Waals surface area contributed by atoms with Crippen LogP contribution in [0.3, 0.4) is 0 Å². The Bertz CT molecular complexity index is 464. The fourth-order valence-corrected chi connectivity index (χ4v) is 2.77. The largest absolute Gasteiger partial charge is 0.444 e. The number of carbonyl (C=O) groups excluding carboxylic acids is 1. The molecule has 1 heterocycles. The highest BCUT2D eigenvalue weighted by Gasteiger charge is 2.31. The zero-order valence-corrected chi connectivity index (χ0v) is 13.9. The lowest BCUT2D eigenvalue weighted by molar-refractivity contribution is 0.00951. The number of carbonyl (C=O) groups is 1. The number of nitrogens with zero attached hydrogens (tertiary/aromatic N) is 1. The van der Waals surface area contributed by atoms with Gasteiger partial charge in [0.1, 0.15) is 5.60 Å². The van der Waals surface area contributed by atoms with Crippen LogP contribution in [0.5, 0.6) is 0 Å². The highest BCUT2D eigenvalue weighted by atomic mass is 79.9. The minimum absolute atomic E-state index is 0.131. The number of piperidine rings is 1. The number of amides is 1. The van der Waals surface area contributed by atoms with Gasteiger partial charge in [0.25, 0.3) is 0 Å². The molecule has 1 atom stereocenters. The van der Waals surface area contributed by atoms with Gasteiger partial charge in [0.15, 0.2) is 0 Å². The van der Waals surface area contributed by atoms with Crippen LogP contribution in [-0.2, 0) is 4.74 Å². The molecule has 0 saturated carbocycles. The van der Waals surface area contributed by atoms with E-state index >= 15 is 0 Å². The molecule has 0 unspecified atom stereocenters. The van der Waals surface area contributed by atoms with E-state index in [1.807, 2.05) is 37.8 Å². The molecule has 20 heavy (non-hydrogen) atoms. The van der Waals surface area contributed by atoms with Gasteiger partial charge in [-0.1, -0.05) is 28.1 Å². The van der Waals surface area contributed by atoms with Crippen LogP contribution in [0.15, 0.2) is 28.7 Å². The van der Waals surface area contributed by atoms with E-state index in [9.17, 15) is 4.79 Å². The molecule has 0 radical (unpaired) electrons. The van der Waals surface area contributed by atoms with E-state index in [0.717, 1.165) is 30.3 Å². The minimum atomic E-state index is -0.446. The van der Waals surface area contributed by atoms with E-state index in [1.54, 1.807) is 0 Å². The van der Waals surface area contributed by atoms with Gasteiger partial charge in [0, 0.05) is 11.0 Å². The molecule has 1 aliphatic heterocycles. The van der Waals surface area contributed by atoms with Gasteiger partial charge in [-0.2, -0.15) is 0 Å². The van der Waals surface area contributed by atoms with E-state index in [0.29, 0.717) is 0 Å². The second-order valence-corrected chi connectivity index (χ2v) is 7.15. The molecular formula is C16H22BrNO2. The lowest BCUT2D eigenvalue weighted by atomic mass is 9.96. The molecule has 1 aromatic rings. The standard InChI is InChI=1S/C16H22BrNO2/c1-16(2,3)20-15(19)18-11-5-4-6-14(18)12-7-9-13(17)10-8-12/h7-10,14H,4-6,11H2,1-3H3/t14-/m0/s1. The maximum atomic E-state index is 12.4. The van der Waals surface area contributed by atoms with Gasteiger partial charge >= 0.3 is 6.09 Å². The number of likely N-dealkylation sites (tertiary alicyclic amines) is 1. The first-order valence-corrected chi connectivity index (χ1v) is 7.91. The molecule has 0 aromatic heterocycles. The normalized spacial score (nSPS) is 19.8. The van der Waals surface area contributed by atoms with Crippen LogP contribution in [0, 0.1) is 0 Å². The first-order valence-electron chi connectivity index (χ1n) is 7.12. The third-order valence-corrected chi connectivity index (χ3v) is 3.91. The number of halogens is 1. The van der Waals surface area contributed by atoms with Crippen LogP contribution >= 0.6 is 15.9 Å². The zero-order valence-electron chi connectivity index (χ0n) is 12.4. The summed E-state index contributed by atoms with van der Waals surface area (Å²) in [5.74, 6) is 0. The van der Waals surface area contributed by atoms with Gasteiger partial charge in [-0.3, -0.25) is 0 Å². The van der Waals surface area contributed by atoms with Gasteiger partial charge in [0.2, 0.25) is 0 Å². The molecule has 1 saturated heterocycles. The van der Waals surface area contributed by atoms with Gasteiger partial charge in [0.05, 0.1) is 6.04 Å². The van der Waals surface area contributed by atoms with E-state index in [1.165, 1.54) is 5.56 Å². The van der Waals surface area contributed by atoms with Crippen molar-refractivity contribution in [3.8, 4) is 0 Å². The summed E-state index contributed by atoms with van der Waals surface area (Å²) < 4.78 is 6.59. The molecule has 3 nitrogen and oxygen atoms in total. The number of ether oxygens (including phenoxy) is 1. The van der Waals surface area contributed by atoms with Crippen molar-refractivity contribution in [2.45, 2.75) is 51.7 Å².